The molecule has 2 aromatic heterocycles. The Morgan fingerprint density at radius 2 is 2.00 bits per heavy atom. The molecule has 4 rings (SSSR count). The highest BCUT2D eigenvalue weighted by atomic mass is 15.0. The molecule has 1 aromatic carbocycles. The van der Waals surface area contributed by atoms with E-state index in [1.54, 1.807) is 0 Å². The first kappa shape index (κ1) is 10.1. The lowest BCUT2D eigenvalue weighted by molar-refractivity contribution is 0.449. The number of benzene rings is 1. The highest BCUT2D eigenvalue weighted by Crippen LogP contribution is 2.30. The number of fused-ring (bicyclic) bond motifs is 3. The second-order valence-corrected chi connectivity index (χ2v) is 5.08. The molecule has 18 heavy (non-hydrogen) atoms. The summed E-state index contributed by atoms with van der Waals surface area (Å²) in [5, 5.41) is 5.91. The third-order valence-electron chi connectivity index (χ3n) is 4.08. The van der Waals surface area contributed by atoms with Gasteiger partial charge < -0.3 is 9.88 Å². The molecule has 3 nitrogen and oxygen atoms in total. The average Bonchev–Trinajstić information content (AvgIpc) is 2.62. The molecule has 1 aliphatic heterocycles. The first-order valence-corrected chi connectivity index (χ1v) is 6.37. The van der Waals surface area contributed by atoms with Gasteiger partial charge in [-0.2, -0.15) is 0 Å². The number of nitrogens with zero attached hydrogens (tertiary/aromatic N) is 2. The zero-order chi connectivity index (χ0) is 12.1. The van der Waals surface area contributed by atoms with Crippen LogP contribution in [0.1, 0.15) is 11.5 Å². The first-order chi connectivity index (χ1) is 8.84. The maximum atomic E-state index is 4.26. The van der Waals surface area contributed by atoms with Gasteiger partial charge in [0.25, 0.3) is 0 Å². The van der Waals surface area contributed by atoms with Crippen molar-refractivity contribution in [1.29, 1.82) is 0 Å². The van der Waals surface area contributed by atoms with Crippen molar-refractivity contribution in [3.63, 3.8) is 0 Å². The van der Waals surface area contributed by atoms with E-state index in [4.69, 9.17) is 0 Å². The molecule has 3 heterocycles. The van der Waals surface area contributed by atoms with Crippen molar-refractivity contribution in [1.82, 2.24) is 14.9 Å². The Morgan fingerprint density at radius 1 is 1.17 bits per heavy atom. The van der Waals surface area contributed by atoms with Crippen LogP contribution in [0.15, 0.2) is 36.7 Å². The monoisotopic (exact) mass is 237 g/mol. The summed E-state index contributed by atoms with van der Waals surface area (Å²) in [4.78, 5) is 4.26. The third-order valence-corrected chi connectivity index (χ3v) is 4.08. The second-order valence-electron chi connectivity index (χ2n) is 5.08. The maximum absolute atomic E-state index is 4.26. The van der Waals surface area contributed by atoms with Crippen LogP contribution in [0.3, 0.4) is 0 Å². The molecule has 0 amide bonds. The van der Waals surface area contributed by atoms with Crippen LogP contribution in [-0.2, 0) is 7.05 Å². The van der Waals surface area contributed by atoms with Crippen LogP contribution in [0, 0.1) is 0 Å². The zero-order valence-electron chi connectivity index (χ0n) is 10.4. The van der Waals surface area contributed by atoms with Gasteiger partial charge >= 0.3 is 0 Å². The summed E-state index contributed by atoms with van der Waals surface area (Å²) in [5.74, 6) is 0.682. The number of pyridine rings is 1. The predicted octanol–water partition coefficient (Wildman–Crippen LogP) is 2.41. The molecule has 3 heteroatoms. The fourth-order valence-electron chi connectivity index (χ4n) is 2.86. The molecule has 90 valence electrons. The molecule has 0 aliphatic carbocycles. The molecule has 0 unspecified atom stereocenters. The Hall–Kier alpha value is -1.87. The Morgan fingerprint density at radius 3 is 2.78 bits per heavy atom. The Balaban J connectivity index is 2.05. The van der Waals surface area contributed by atoms with Crippen LogP contribution in [-0.4, -0.2) is 22.6 Å². The highest BCUT2D eigenvalue weighted by molar-refractivity contribution is 6.07. The van der Waals surface area contributed by atoms with Gasteiger partial charge in [0, 0.05) is 54.7 Å². The minimum Gasteiger partial charge on any atom is -0.344 e. The fraction of sp³-hybridized carbons (Fsp3) is 0.267. The summed E-state index contributed by atoms with van der Waals surface area (Å²) in [6, 6.07) is 8.92. The maximum Gasteiger partial charge on any atom is 0.0519 e. The number of nitrogens with one attached hydrogen (secondary N) is 1. The van der Waals surface area contributed by atoms with Crippen molar-refractivity contribution in [2.24, 2.45) is 7.05 Å². The van der Waals surface area contributed by atoms with Gasteiger partial charge in [-0.1, -0.05) is 6.07 Å². The molecular weight excluding hydrogens is 222 g/mol. The van der Waals surface area contributed by atoms with Crippen molar-refractivity contribution < 1.29 is 0 Å². The normalized spacial score (nSPS) is 16.3. The van der Waals surface area contributed by atoms with Gasteiger partial charge in [0.1, 0.15) is 0 Å². The van der Waals surface area contributed by atoms with E-state index >= 15 is 0 Å². The minimum absolute atomic E-state index is 0.682. The highest BCUT2D eigenvalue weighted by Gasteiger charge is 2.19. The third kappa shape index (κ3) is 1.25. The molecule has 0 saturated carbocycles. The van der Waals surface area contributed by atoms with Crippen molar-refractivity contribution >= 4 is 21.8 Å². The Kier molecular flexibility index (Phi) is 2.00. The lowest BCUT2D eigenvalue weighted by Gasteiger charge is -2.27. The van der Waals surface area contributed by atoms with Crippen molar-refractivity contribution in [3.05, 3.63) is 42.2 Å². The largest absolute Gasteiger partial charge is 0.344 e. The lowest BCUT2D eigenvalue weighted by atomic mass is 9.93. The van der Waals surface area contributed by atoms with Crippen molar-refractivity contribution in [2.45, 2.75) is 5.92 Å². The summed E-state index contributed by atoms with van der Waals surface area (Å²) in [7, 11) is 2.12. The minimum atomic E-state index is 0.682. The van der Waals surface area contributed by atoms with E-state index in [0.29, 0.717) is 5.92 Å². The van der Waals surface area contributed by atoms with E-state index in [0.717, 1.165) is 13.1 Å². The summed E-state index contributed by atoms with van der Waals surface area (Å²) < 4.78 is 2.25. The van der Waals surface area contributed by atoms with E-state index in [2.05, 4.69) is 46.2 Å². The predicted molar refractivity (Wildman–Crippen MR) is 73.8 cm³/mol. The molecule has 1 N–H and O–H groups in total. The standard InChI is InChI=1S/C15H15N3/c1-18-14-3-2-10(11-7-17-8-11)6-12(14)13-9-16-5-4-15(13)18/h2-6,9,11,17H,7-8H2,1H3. The molecule has 0 radical (unpaired) electrons. The van der Waals surface area contributed by atoms with E-state index in [9.17, 15) is 0 Å². The molecule has 0 atom stereocenters. The summed E-state index contributed by atoms with van der Waals surface area (Å²) in [5.41, 5.74) is 3.98. The van der Waals surface area contributed by atoms with Gasteiger partial charge in [0.15, 0.2) is 0 Å². The van der Waals surface area contributed by atoms with Crippen LogP contribution in [0.5, 0.6) is 0 Å². The van der Waals surface area contributed by atoms with Crippen LogP contribution >= 0.6 is 0 Å². The Bertz CT molecular complexity index is 738. The van der Waals surface area contributed by atoms with E-state index in [1.165, 1.54) is 27.4 Å². The van der Waals surface area contributed by atoms with Gasteiger partial charge in [-0.3, -0.25) is 4.98 Å². The van der Waals surface area contributed by atoms with Crippen LogP contribution in [0.4, 0.5) is 0 Å². The SMILES string of the molecule is Cn1c2ccncc2c2cc(C3CNC3)ccc21. The van der Waals surface area contributed by atoms with Crippen LogP contribution < -0.4 is 5.32 Å². The smallest absolute Gasteiger partial charge is 0.0519 e. The average molecular weight is 237 g/mol. The van der Waals surface area contributed by atoms with Gasteiger partial charge in [-0.15, -0.1) is 0 Å². The summed E-state index contributed by atoms with van der Waals surface area (Å²) >= 11 is 0. The fourth-order valence-corrected chi connectivity index (χ4v) is 2.86. The lowest BCUT2D eigenvalue weighted by Crippen LogP contribution is -2.39. The van der Waals surface area contributed by atoms with Crippen molar-refractivity contribution in [3.8, 4) is 0 Å². The quantitative estimate of drug-likeness (QED) is 0.704. The van der Waals surface area contributed by atoms with Gasteiger partial charge in [-0.05, 0) is 23.8 Å². The molecule has 0 bridgehead atoms. The van der Waals surface area contributed by atoms with E-state index in [-0.39, 0.29) is 0 Å². The Labute approximate surface area is 105 Å². The number of rotatable bonds is 1. The zero-order valence-corrected chi connectivity index (χ0v) is 10.4. The molecular formula is C15H15N3. The molecule has 1 aliphatic rings. The van der Waals surface area contributed by atoms with Crippen LogP contribution in [0.2, 0.25) is 0 Å². The van der Waals surface area contributed by atoms with Crippen molar-refractivity contribution in [2.75, 3.05) is 13.1 Å². The summed E-state index contributed by atoms with van der Waals surface area (Å²) in [6.45, 7) is 2.21. The van der Waals surface area contributed by atoms with Gasteiger partial charge in [0.05, 0.1) is 5.52 Å². The molecule has 1 fully saturated rings. The van der Waals surface area contributed by atoms with Gasteiger partial charge in [-0.25, -0.2) is 0 Å². The first-order valence-electron chi connectivity index (χ1n) is 6.37. The number of aryl methyl sites for hydroxylation is 1. The van der Waals surface area contributed by atoms with E-state index in [1.807, 2.05) is 12.4 Å². The number of hydrogen-bond acceptors (Lipinski definition) is 2. The second kappa shape index (κ2) is 3.56. The summed E-state index contributed by atoms with van der Waals surface area (Å²) in [6.07, 6.45) is 3.83. The number of hydrogen-bond donors (Lipinski definition) is 1. The topological polar surface area (TPSA) is 29.9 Å². The van der Waals surface area contributed by atoms with E-state index < -0.39 is 0 Å². The van der Waals surface area contributed by atoms with Crippen LogP contribution in [0.25, 0.3) is 21.8 Å². The number of aromatic nitrogens is 2. The molecule has 3 aromatic rings. The molecule has 1 saturated heterocycles. The van der Waals surface area contributed by atoms with Gasteiger partial charge in [0.2, 0.25) is 0 Å². The molecule has 0 spiro atoms.